The van der Waals surface area contributed by atoms with E-state index >= 15 is 0 Å². The third kappa shape index (κ3) is 3.05. The summed E-state index contributed by atoms with van der Waals surface area (Å²) < 4.78 is 57.7. The molecule has 2 amide bonds. The van der Waals surface area contributed by atoms with Gasteiger partial charge < -0.3 is 19.9 Å². The molecule has 2 aliphatic heterocycles. The van der Waals surface area contributed by atoms with Gasteiger partial charge in [-0.1, -0.05) is 0 Å². The van der Waals surface area contributed by atoms with Crippen LogP contribution in [-0.4, -0.2) is 50.8 Å². The summed E-state index contributed by atoms with van der Waals surface area (Å²) in [6, 6.07) is 0.548. The number of nitrogens with zero attached hydrogens (tertiary/aromatic N) is 2. The number of hydrogen-bond donors (Lipinski definition) is 2. The molecule has 3 heterocycles. The zero-order valence-corrected chi connectivity index (χ0v) is 17.3. The molecule has 7 nitrogen and oxygen atoms in total. The summed E-state index contributed by atoms with van der Waals surface area (Å²) in [5.74, 6) is -5.28. The number of piperidine rings is 1. The summed E-state index contributed by atoms with van der Waals surface area (Å²) >= 11 is 0. The SMILES string of the molecule is Cc1cc(F)c(CNC(=O)c2cn3c(c(O)c2=O)C(=O)N2[C@@H]4C[C@@H]([C@H](F)[C@H]4F)[C@@H]2C3)c(F)c1. The maximum absolute atomic E-state index is 14.2. The van der Waals surface area contributed by atoms with Gasteiger partial charge in [0.25, 0.3) is 11.8 Å². The molecule has 0 spiro atoms. The van der Waals surface area contributed by atoms with Crippen molar-refractivity contribution in [3.63, 3.8) is 0 Å². The quantitative estimate of drug-likeness (QED) is 0.679. The van der Waals surface area contributed by atoms with Crippen molar-refractivity contribution >= 4 is 11.8 Å². The van der Waals surface area contributed by atoms with Crippen LogP contribution >= 0.6 is 0 Å². The van der Waals surface area contributed by atoms with Crippen LogP contribution in [0.1, 0.15) is 38.4 Å². The van der Waals surface area contributed by atoms with Gasteiger partial charge in [-0.05, 0) is 31.0 Å². The number of aryl methyl sites for hydroxylation is 1. The van der Waals surface area contributed by atoms with Gasteiger partial charge in [0.1, 0.15) is 23.4 Å². The Labute approximate surface area is 184 Å². The van der Waals surface area contributed by atoms with E-state index in [9.17, 15) is 37.1 Å². The van der Waals surface area contributed by atoms with E-state index in [4.69, 9.17) is 0 Å². The molecular weight excluding hydrogens is 446 g/mol. The fraction of sp³-hybridized carbons (Fsp3) is 0.409. The van der Waals surface area contributed by atoms with E-state index in [1.165, 1.54) is 16.4 Å². The van der Waals surface area contributed by atoms with Crippen LogP contribution in [0.2, 0.25) is 0 Å². The molecule has 2 fully saturated rings. The second-order valence-electron chi connectivity index (χ2n) is 8.75. The Morgan fingerprint density at radius 3 is 2.48 bits per heavy atom. The standard InChI is InChI=1S/C22H19F4N3O4/c1-8-2-12(23)10(13(24)3-8)5-27-21(32)11-6-28-7-15-9-4-14(17(26)16(9)25)29(15)22(33)18(28)20(31)19(11)30/h2-3,6,9,14-17,31H,4-5,7H2,1H3,(H,27,32)/t9-,14-,15+,16+,17+/m1/s1. The van der Waals surface area contributed by atoms with Gasteiger partial charge in [-0.3, -0.25) is 14.4 Å². The number of fused-ring (bicyclic) bond motifs is 6. The van der Waals surface area contributed by atoms with Crippen LogP contribution in [0.4, 0.5) is 17.6 Å². The molecule has 3 aliphatic rings. The minimum absolute atomic E-state index is 0.0370. The number of benzene rings is 1. The van der Waals surface area contributed by atoms with E-state index in [0.717, 1.165) is 18.3 Å². The summed E-state index contributed by atoms with van der Waals surface area (Å²) in [6.45, 7) is 0.909. The number of nitrogens with one attached hydrogen (secondary N) is 1. The van der Waals surface area contributed by atoms with Gasteiger partial charge in [0.15, 0.2) is 17.6 Å². The highest BCUT2D eigenvalue weighted by molar-refractivity contribution is 5.99. The number of halogens is 4. The largest absolute Gasteiger partial charge is 0.503 e. The van der Waals surface area contributed by atoms with Crippen LogP contribution in [0.25, 0.3) is 0 Å². The fourth-order valence-corrected chi connectivity index (χ4v) is 5.27. The Kier molecular flexibility index (Phi) is 4.77. The smallest absolute Gasteiger partial charge is 0.275 e. The van der Waals surface area contributed by atoms with Gasteiger partial charge in [-0.2, -0.15) is 0 Å². The van der Waals surface area contributed by atoms with Crippen molar-refractivity contribution in [3.8, 4) is 5.75 Å². The summed E-state index contributed by atoms with van der Waals surface area (Å²) in [7, 11) is 0. The van der Waals surface area contributed by atoms with E-state index in [0.29, 0.717) is 5.56 Å². The number of amides is 2. The molecule has 1 saturated heterocycles. The second-order valence-corrected chi connectivity index (χ2v) is 8.75. The van der Waals surface area contributed by atoms with E-state index < -0.39 is 88.3 Å². The predicted molar refractivity (Wildman–Crippen MR) is 106 cm³/mol. The lowest BCUT2D eigenvalue weighted by molar-refractivity contribution is 0.00144. The molecule has 1 aliphatic carbocycles. The van der Waals surface area contributed by atoms with Gasteiger partial charge in [-0.25, -0.2) is 17.6 Å². The summed E-state index contributed by atoms with van der Waals surface area (Å²) in [6.07, 6.45) is -2.36. The van der Waals surface area contributed by atoms with Crippen LogP contribution in [0.3, 0.4) is 0 Å². The number of alkyl halides is 2. The van der Waals surface area contributed by atoms with Crippen LogP contribution in [0.5, 0.6) is 5.75 Å². The van der Waals surface area contributed by atoms with Gasteiger partial charge in [0, 0.05) is 30.8 Å². The van der Waals surface area contributed by atoms with Crippen molar-refractivity contribution < 1.29 is 32.3 Å². The number of rotatable bonds is 3. The van der Waals surface area contributed by atoms with Crippen molar-refractivity contribution in [2.75, 3.05) is 0 Å². The van der Waals surface area contributed by atoms with E-state index in [1.807, 2.05) is 0 Å². The zero-order chi connectivity index (χ0) is 23.8. The van der Waals surface area contributed by atoms with Crippen molar-refractivity contribution in [3.05, 3.63) is 62.6 Å². The first-order chi connectivity index (χ1) is 15.6. The first-order valence-corrected chi connectivity index (χ1v) is 10.4. The fourth-order valence-electron chi connectivity index (χ4n) is 5.27. The van der Waals surface area contributed by atoms with Crippen molar-refractivity contribution in [2.24, 2.45) is 5.92 Å². The molecule has 11 heteroatoms. The van der Waals surface area contributed by atoms with Crippen LogP contribution in [0, 0.1) is 24.5 Å². The highest BCUT2D eigenvalue weighted by Crippen LogP contribution is 2.48. The summed E-state index contributed by atoms with van der Waals surface area (Å²) in [5.41, 5.74) is -2.15. The molecule has 174 valence electrons. The summed E-state index contributed by atoms with van der Waals surface area (Å²) in [4.78, 5) is 39.3. The van der Waals surface area contributed by atoms with E-state index in [1.54, 1.807) is 0 Å². The minimum Gasteiger partial charge on any atom is -0.503 e. The molecule has 0 unspecified atom stereocenters. The van der Waals surface area contributed by atoms with E-state index in [2.05, 4.69) is 5.32 Å². The molecular formula is C22H19F4N3O4. The number of aromatic hydroxyl groups is 1. The predicted octanol–water partition coefficient (Wildman–Crippen LogP) is 1.97. The molecule has 1 aromatic heterocycles. The Morgan fingerprint density at radius 1 is 1.15 bits per heavy atom. The Hall–Kier alpha value is -3.37. The molecule has 1 saturated carbocycles. The van der Waals surface area contributed by atoms with Crippen LogP contribution in [0.15, 0.2) is 23.1 Å². The summed E-state index contributed by atoms with van der Waals surface area (Å²) in [5, 5.41) is 12.6. The second kappa shape index (κ2) is 7.32. The normalized spacial score (nSPS) is 27.5. The molecule has 1 aromatic carbocycles. The lowest BCUT2D eigenvalue weighted by atomic mass is 9.93. The van der Waals surface area contributed by atoms with Gasteiger partial charge >= 0.3 is 0 Å². The van der Waals surface area contributed by atoms with Crippen LogP contribution in [-0.2, 0) is 13.1 Å². The van der Waals surface area contributed by atoms with Crippen molar-refractivity contribution in [1.29, 1.82) is 0 Å². The lowest BCUT2D eigenvalue weighted by Crippen LogP contribution is -2.58. The Bertz CT molecular complexity index is 1240. The number of aromatic nitrogens is 1. The maximum atomic E-state index is 14.2. The van der Waals surface area contributed by atoms with Gasteiger partial charge in [0.05, 0.1) is 12.1 Å². The average molecular weight is 465 g/mol. The van der Waals surface area contributed by atoms with E-state index in [-0.39, 0.29) is 13.0 Å². The molecule has 0 radical (unpaired) electrons. The third-order valence-corrected chi connectivity index (χ3v) is 6.84. The monoisotopic (exact) mass is 465 g/mol. The maximum Gasteiger partial charge on any atom is 0.275 e. The number of pyridine rings is 1. The topological polar surface area (TPSA) is 91.6 Å². The molecule has 5 atom stereocenters. The first-order valence-electron chi connectivity index (χ1n) is 10.4. The van der Waals surface area contributed by atoms with Crippen molar-refractivity contribution in [2.45, 2.75) is 50.9 Å². The van der Waals surface area contributed by atoms with Gasteiger partial charge in [0.2, 0.25) is 5.43 Å². The number of hydrogen-bond acceptors (Lipinski definition) is 4. The third-order valence-electron chi connectivity index (χ3n) is 6.84. The Balaban J connectivity index is 1.45. The first kappa shape index (κ1) is 21.5. The molecule has 2 bridgehead atoms. The minimum atomic E-state index is -1.83. The van der Waals surface area contributed by atoms with Crippen molar-refractivity contribution in [1.82, 2.24) is 14.8 Å². The van der Waals surface area contributed by atoms with Gasteiger partial charge in [-0.15, -0.1) is 0 Å². The molecule has 2 aromatic rings. The molecule has 2 N–H and O–H groups in total. The Morgan fingerprint density at radius 2 is 1.82 bits per heavy atom. The highest BCUT2D eigenvalue weighted by Gasteiger charge is 2.61. The average Bonchev–Trinajstić information content (AvgIpc) is 3.26. The van der Waals surface area contributed by atoms with Crippen LogP contribution < -0.4 is 10.7 Å². The molecule has 33 heavy (non-hydrogen) atoms. The lowest BCUT2D eigenvalue weighted by Gasteiger charge is -2.42. The number of carbonyl (C=O) groups excluding carboxylic acids is 2. The zero-order valence-electron chi connectivity index (χ0n) is 17.3. The number of carbonyl (C=O) groups is 2. The highest BCUT2D eigenvalue weighted by atomic mass is 19.2. The molecule has 5 rings (SSSR count).